The van der Waals surface area contributed by atoms with Gasteiger partial charge in [0.2, 0.25) is 5.91 Å². The second-order valence-corrected chi connectivity index (χ2v) is 4.58. The highest BCUT2D eigenvalue weighted by Gasteiger charge is 2.17. The van der Waals surface area contributed by atoms with Gasteiger partial charge in [-0.1, -0.05) is 12.2 Å². The Morgan fingerprint density at radius 2 is 2.32 bits per heavy atom. The first kappa shape index (κ1) is 13.4. The van der Waals surface area contributed by atoms with Gasteiger partial charge in [-0.15, -0.1) is 0 Å². The number of aromatic nitrogens is 1. The zero-order chi connectivity index (χ0) is 13.8. The van der Waals surface area contributed by atoms with Crippen LogP contribution in [0.3, 0.4) is 0 Å². The molecule has 0 aliphatic rings. The van der Waals surface area contributed by atoms with Crippen LogP contribution < -0.4 is 11.1 Å². The Kier molecular flexibility index (Phi) is 4.01. The van der Waals surface area contributed by atoms with Gasteiger partial charge in [0.05, 0.1) is 18.5 Å². The van der Waals surface area contributed by atoms with Gasteiger partial charge in [-0.05, 0) is 31.2 Å². The maximum absolute atomic E-state index is 12.1. The van der Waals surface area contributed by atoms with Gasteiger partial charge in [0.25, 0.3) is 0 Å². The van der Waals surface area contributed by atoms with E-state index in [0.717, 1.165) is 0 Å². The van der Waals surface area contributed by atoms with Crippen molar-refractivity contribution in [2.45, 2.75) is 19.5 Å². The topological polar surface area (TPSA) is 73.2 Å². The highest BCUT2D eigenvalue weighted by molar-refractivity contribution is 7.80. The number of carbonyl (C=O) groups excluding carboxylic acids is 1. The highest BCUT2D eigenvalue weighted by Crippen LogP contribution is 2.12. The van der Waals surface area contributed by atoms with E-state index in [0.29, 0.717) is 18.0 Å². The molecule has 0 bridgehead atoms. The van der Waals surface area contributed by atoms with Crippen LogP contribution >= 0.6 is 12.2 Å². The van der Waals surface area contributed by atoms with Crippen molar-refractivity contribution in [1.82, 2.24) is 9.88 Å². The fourth-order valence-electron chi connectivity index (χ4n) is 1.80. The van der Waals surface area contributed by atoms with E-state index < -0.39 is 0 Å². The maximum Gasteiger partial charge on any atom is 0.243 e. The minimum atomic E-state index is -0.388. The molecule has 1 unspecified atom stereocenters. The average Bonchev–Trinajstić information content (AvgIpc) is 3.05. The maximum atomic E-state index is 12.1. The van der Waals surface area contributed by atoms with Crippen LogP contribution in [-0.2, 0) is 11.3 Å². The van der Waals surface area contributed by atoms with E-state index in [-0.39, 0.29) is 16.9 Å². The van der Waals surface area contributed by atoms with E-state index in [4.69, 9.17) is 22.4 Å². The fourth-order valence-corrected chi connectivity index (χ4v) is 1.98. The molecule has 100 valence electrons. The summed E-state index contributed by atoms with van der Waals surface area (Å²) < 4.78 is 6.90. The number of nitrogens with two attached hydrogens (primary N) is 1. The zero-order valence-electron chi connectivity index (χ0n) is 10.5. The molecule has 6 heteroatoms. The Bertz CT molecular complexity index is 574. The summed E-state index contributed by atoms with van der Waals surface area (Å²) in [6.45, 7) is 2.15. The summed E-state index contributed by atoms with van der Waals surface area (Å²) in [6.07, 6.45) is 3.35. The van der Waals surface area contributed by atoms with Gasteiger partial charge in [0.15, 0.2) is 0 Å². The lowest BCUT2D eigenvalue weighted by molar-refractivity contribution is -0.124. The van der Waals surface area contributed by atoms with Gasteiger partial charge in [-0.2, -0.15) is 0 Å². The van der Waals surface area contributed by atoms with Crippen molar-refractivity contribution in [3.8, 4) is 0 Å². The van der Waals surface area contributed by atoms with Crippen molar-refractivity contribution < 1.29 is 9.21 Å². The minimum Gasteiger partial charge on any atom is -0.467 e. The first-order valence-electron chi connectivity index (χ1n) is 5.86. The normalized spacial score (nSPS) is 12.1. The van der Waals surface area contributed by atoms with Crippen molar-refractivity contribution in [2.75, 3.05) is 0 Å². The molecule has 0 aliphatic carbocycles. The predicted molar refractivity (Wildman–Crippen MR) is 75.6 cm³/mol. The molecule has 0 aromatic carbocycles. The number of nitrogens with one attached hydrogen (secondary N) is 1. The molecule has 2 aromatic heterocycles. The molecule has 0 fully saturated rings. The van der Waals surface area contributed by atoms with E-state index in [9.17, 15) is 4.79 Å². The molecular weight excluding hydrogens is 262 g/mol. The molecule has 0 saturated carbocycles. The molecular formula is C13H15N3O2S. The lowest BCUT2D eigenvalue weighted by atomic mass is 10.3. The molecule has 1 atom stereocenters. The van der Waals surface area contributed by atoms with Crippen LogP contribution in [0.15, 0.2) is 41.1 Å². The number of nitrogens with zero attached hydrogens (tertiary/aromatic N) is 1. The summed E-state index contributed by atoms with van der Waals surface area (Å²) in [5.41, 5.74) is 6.29. The molecule has 0 aliphatic heterocycles. The predicted octanol–water partition coefficient (Wildman–Crippen LogP) is 1.59. The SMILES string of the molecule is CC(C(=O)NCc1ccco1)n1cccc1C(N)=S. The Morgan fingerprint density at radius 1 is 1.53 bits per heavy atom. The number of carbonyl (C=O) groups is 1. The van der Waals surface area contributed by atoms with Crippen LogP contribution in [0.2, 0.25) is 0 Å². The summed E-state index contributed by atoms with van der Waals surface area (Å²) in [5, 5.41) is 2.80. The van der Waals surface area contributed by atoms with Gasteiger partial charge in [0.1, 0.15) is 16.8 Å². The van der Waals surface area contributed by atoms with Crippen molar-refractivity contribution in [1.29, 1.82) is 0 Å². The quantitative estimate of drug-likeness (QED) is 0.814. The van der Waals surface area contributed by atoms with E-state index in [2.05, 4.69) is 5.32 Å². The van der Waals surface area contributed by atoms with Crippen molar-refractivity contribution in [3.63, 3.8) is 0 Å². The number of hydrogen-bond acceptors (Lipinski definition) is 3. The number of amides is 1. The molecule has 5 nitrogen and oxygen atoms in total. The van der Waals surface area contributed by atoms with Crippen molar-refractivity contribution >= 4 is 23.1 Å². The van der Waals surface area contributed by atoms with Gasteiger partial charge >= 0.3 is 0 Å². The molecule has 2 aromatic rings. The monoisotopic (exact) mass is 277 g/mol. The van der Waals surface area contributed by atoms with Crippen LogP contribution in [0, 0.1) is 0 Å². The molecule has 3 N–H and O–H groups in total. The third-order valence-corrected chi connectivity index (χ3v) is 3.05. The third kappa shape index (κ3) is 3.03. The minimum absolute atomic E-state index is 0.120. The van der Waals surface area contributed by atoms with Gasteiger partial charge < -0.3 is 20.0 Å². The highest BCUT2D eigenvalue weighted by atomic mass is 32.1. The van der Waals surface area contributed by atoms with Gasteiger partial charge in [-0.3, -0.25) is 4.79 Å². The van der Waals surface area contributed by atoms with Crippen LogP contribution in [0.25, 0.3) is 0 Å². The molecule has 1 amide bonds. The molecule has 19 heavy (non-hydrogen) atoms. The first-order chi connectivity index (χ1) is 9.09. The summed E-state index contributed by atoms with van der Waals surface area (Å²) in [4.78, 5) is 12.3. The first-order valence-corrected chi connectivity index (χ1v) is 6.27. The Hall–Kier alpha value is -2.08. The fraction of sp³-hybridized carbons (Fsp3) is 0.231. The zero-order valence-corrected chi connectivity index (χ0v) is 11.3. The summed E-state index contributed by atoms with van der Waals surface area (Å²) >= 11 is 4.95. The molecule has 2 heterocycles. The number of furan rings is 1. The van der Waals surface area contributed by atoms with Crippen LogP contribution in [-0.4, -0.2) is 15.5 Å². The molecule has 0 spiro atoms. The standard InChI is InChI=1S/C13H15N3O2S/c1-9(16-6-2-5-11(16)12(14)19)13(17)15-8-10-4-3-7-18-10/h2-7,9H,8H2,1H3,(H2,14,19)(H,15,17). The van der Waals surface area contributed by atoms with Gasteiger partial charge in [0, 0.05) is 6.20 Å². The lowest BCUT2D eigenvalue weighted by Gasteiger charge is -2.16. The largest absolute Gasteiger partial charge is 0.467 e. The Morgan fingerprint density at radius 3 is 2.95 bits per heavy atom. The summed E-state index contributed by atoms with van der Waals surface area (Å²) in [5.74, 6) is 0.590. The smallest absolute Gasteiger partial charge is 0.243 e. The Balaban J connectivity index is 2.02. The van der Waals surface area contributed by atoms with Crippen LogP contribution in [0.1, 0.15) is 24.4 Å². The van der Waals surface area contributed by atoms with Gasteiger partial charge in [-0.25, -0.2) is 0 Å². The third-order valence-electron chi connectivity index (χ3n) is 2.85. The molecule has 0 radical (unpaired) electrons. The number of hydrogen-bond donors (Lipinski definition) is 2. The van der Waals surface area contributed by atoms with Crippen molar-refractivity contribution in [2.24, 2.45) is 5.73 Å². The van der Waals surface area contributed by atoms with E-state index in [1.165, 1.54) is 0 Å². The van der Waals surface area contributed by atoms with E-state index in [1.807, 2.05) is 6.07 Å². The second-order valence-electron chi connectivity index (χ2n) is 4.14. The van der Waals surface area contributed by atoms with Crippen LogP contribution in [0.4, 0.5) is 0 Å². The average molecular weight is 277 g/mol. The molecule has 2 rings (SSSR count). The second kappa shape index (κ2) is 5.71. The van der Waals surface area contributed by atoms with E-state index in [1.54, 1.807) is 42.1 Å². The lowest BCUT2D eigenvalue weighted by Crippen LogP contribution is -2.32. The number of rotatable bonds is 5. The summed E-state index contributed by atoms with van der Waals surface area (Å²) in [6, 6.07) is 6.80. The van der Waals surface area contributed by atoms with Crippen molar-refractivity contribution in [3.05, 3.63) is 48.2 Å². The Labute approximate surface area is 116 Å². The van der Waals surface area contributed by atoms with Crippen LogP contribution in [0.5, 0.6) is 0 Å². The molecule has 0 saturated heterocycles. The van der Waals surface area contributed by atoms with E-state index >= 15 is 0 Å². The number of thiocarbonyl (C=S) groups is 1. The summed E-state index contributed by atoms with van der Waals surface area (Å²) in [7, 11) is 0.